The van der Waals surface area contributed by atoms with Crippen LogP contribution in [-0.2, 0) is 0 Å². The Morgan fingerprint density at radius 1 is 1.33 bits per heavy atom. The highest BCUT2D eigenvalue weighted by atomic mass is 79.9. The van der Waals surface area contributed by atoms with Crippen LogP contribution < -0.4 is 4.90 Å². The Labute approximate surface area is 95.6 Å². The van der Waals surface area contributed by atoms with E-state index < -0.39 is 6.09 Å². The zero-order valence-corrected chi connectivity index (χ0v) is 9.69. The van der Waals surface area contributed by atoms with E-state index in [0.29, 0.717) is 11.3 Å². The largest absolute Gasteiger partial charge is 0.465 e. The van der Waals surface area contributed by atoms with E-state index in [2.05, 4.69) is 15.9 Å². The summed E-state index contributed by atoms with van der Waals surface area (Å²) in [5.41, 5.74) is 1.10. The molecule has 1 N–H and O–H groups in total. The molecule has 0 unspecified atom stereocenters. The van der Waals surface area contributed by atoms with Gasteiger partial charge in [-0.3, -0.25) is 9.69 Å². The predicted octanol–water partition coefficient (Wildman–Crippen LogP) is 2.38. The maximum atomic E-state index is 11.3. The summed E-state index contributed by atoms with van der Waals surface area (Å²) in [6.07, 6.45) is -1.03. The normalized spacial score (nSPS) is 9.73. The summed E-state index contributed by atoms with van der Waals surface area (Å²) in [4.78, 5) is 23.0. The van der Waals surface area contributed by atoms with Crippen LogP contribution in [0.4, 0.5) is 10.5 Å². The summed E-state index contributed by atoms with van der Waals surface area (Å²) >= 11 is 3.07. The number of hydrogen-bond acceptors (Lipinski definition) is 2. The van der Waals surface area contributed by atoms with E-state index in [-0.39, 0.29) is 11.1 Å². The molecule has 15 heavy (non-hydrogen) atoms. The lowest BCUT2D eigenvalue weighted by atomic mass is 10.1. The third-order valence-corrected chi connectivity index (χ3v) is 2.49. The third-order valence-electron chi connectivity index (χ3n) is 1.98. The van der Waals surface area contributed by atoms with Gasteiger partial charge in [0.05, 0.1) is 5.33 Å². The molecule has 1 amide bonds. The van der Waals surface area contributed by atoms with Crippen LogP contribution >= 0.6 is 15.9 Å². The average Bonchev–Trinajstić information content (AvgIpc) is 2.27. The van der Waals surface area contributed by atoms with Gasteiger partial charge in [0, 0.05) is 18.3 Å². The number of amides is 1. The SMILES string of the molecule is CN(C(=O)O)c1ccc(C(=O)CBr)cc1. The lowest BCUT2D eigenvalue weighted by molar-refractivity contribution is 0.102. The first-order valence-electron chi connectivity index (χ1n) is 4.22. The van der Waals surface area contributed by atoms with Crippen LogP contribution in [-0.4, -0.2) is 29.4 Å². The summed E-state index contributed by atoms with van der Waals surface area (Å²) < 4.78 is 0. The standard InChI is InChI=1S/C10H10BrNO3/c1-12(10(14)15)8-4-2-7(3-5-8)9(13)6-11/h2-5H,6H2,1H3,(H,14,15). The van der Waals surface area contributed by atoms with E-state index >= 15 is 0 Å². The van der Waals surface area contributed by atoms with Gasteiger partial charge >= 0.3 is 6.09 Å². The number of alkyl halides is 1. The van der Waals surface area contributed by atoms with Crippen molar-refractivity contribution < 1.29 is 14.7 Å². The van der Waals surface area contributed by atoms with Crippen molar-refractivity contribution in [1.29, 1.82) is 0 Å². The number of halogens is 1. The second kappa shape index (κ2) is 4.93. The van der Waals surface area contributed by atoms with Gasteiger partial charge in [-0.2, -0.15) is 0 Å². The number of carboxylic acid groups (broad SMARTS) is 1. The molecule has 0 aliphatic heterocycles. The summed E-state index contributed by atoms with van der Waals surface area (Å²) in [6.45, 7) is 0. The minimum atomic E-state index is -1.03. The highest BCUT2D eigenvalue weighted by molar-refractivity contribution is 9.09. The van der Waals surface area contributed by atoms with Crippen molar-refractivity contribution in [2.24, 2.45) is 0 Å². The lowest BCUT2D eigenvalue weighted by Crippen LogP contribution is -2.23. The van der Waals surface area contributed by atoms with Gasteiger partial charge in [-0.15, -0.1) is 0 Å². The highest BCUT2D eigenvalue weighted by Gasteiger charge is 2.09. The van der Waals surface area contributed by atoms with Gasteiger partial charge in [-0.25, -0.2) is 4.79 Å². The second-order valence-electron chi connectivity index (χ2n) is 2.95. The van der Waals surface area contributed by atoms with Crippen molar-refractivity contribution in [1.82, 2.24) is 0 Å². The molecule has 0 aromatic heterocycles. The monoisotopic (exact) mass is 271 g/mol. The molecule has 0 radical (unpaired) electrons. The molecule has 0 saturated carbocycles. The number of Topliss-reactive ketones (excluding diaryl/α,β-unsaturated/α-hetero) is 1. The minimum absolute atomic E-state index is 0.0282. The van der Waals surface area contributed by atoms with Crippen molar-refractivity contribution in [2.45, 2.75) is 0 Å². The third kappa shape index (κ3) is 2.79. The Kier molecular flexibility index (Phi) is 3.85. The molecule has 0 aliphatic carbocycles. The van der Waals surface area contributed by atoms with E-state index in [1.54, 1.807) is 24.3 Å². The van der Waals surface area contributed by atoms with Crippen LogP contribution in [0.5, 0.6) is 0 Å². The fourth-order valence-electron chi connectivity index (χ4n) is 1.06. The minimum Gasteiger partial charge on any atom is -0.465 e. The van der Waals surface area contributed by atoms with Gasteiger partial charge in [-0.05, 0) is 24.3 Å². The fraction of sp³-hybridized carbons (Fsp3) is 0.200. The highest BCUT2D eigenvalue weighted by Crippen LogP contribution is 2.14. The van der Waals surface area contributed by atoms with Crippen molar-refractivity contribution in [3.63, 3.8) is 0 Å². The van der Waals surface area contributed by atoms with Crippen LogP contribution in [0.15, 0.2) is 24.3 Å². The Hall–Kier alpha value is -1.36. The summed E-state index contributed by atoms with van der Waals surface area (Å²) in [5.74, 6) is -0.0282. The first-order valence-corrected chi connectivity index (χ1v) is 5.34. The van der Waals surface area contributed by atoms with Gasteiger partial charge in [0.25, 0.3) is 0 Å². The molecule has 1 aromatic carbocycles. The van der Waals surface area contributed by atoms with Crippen molar-refractivity contribution >= 4 is 33.5 Å². The zero-order valence-electron chi connectivity index (χ0n) is 8.11. The number of benzene rings is 1. The molecule has 0 fully saturated rings. The number of carbonyl (C=O) groups excluding carboxylic acids is 1. The molecule has 1 rings (SSSR count). The molecule has 0 heterocycles. The molecule has 0 spiro atoms. The molecule has 0 atom stereocenters. The van der Waals surface area contributed by atoms with Gasteiger partial charge in [0.1, 0.15) is 0 Å². The molecule has 0 bridgehead atoms. The summed E-state index contributed by atoms with van der Waals surface area (Å²) in [7, 11) is 1.45. The average molecular weight is 272 g/mol. The maximum absolute atomic E-state index is 11.3. The van der Waals surface area contributed by atoms with Gasteiger partial charge in [0.15, 0.2) is 5.78 Å². The number of hydrogen-bond donors (Lipinski definition) is 1. The molecule has 0 saturated heterocycles. The van der Waals surface area contributed by atoms with E-state index in [9.17, 15) is 9.59 Å². The Balaban J connectivity index is 2.90. The van der Waals surface area contributed by atoms with E-state index in [4.69, 9.17) is 5.11 Å². The van der Waals surface area contributed by atoms with Gasteiger partial charge in [-0.1, -0.05) is 15.9 Å². The zero-order chi connectivity index (χ0) is 11.4. The van der Waals surface area contributed by atoms with Crippen LogP contribution in [0.1, 0.15) is 10.4 Å². The number of carbonyl (C=O) groups is 2. The lowest BCUT2D eigenvalue weighted by Gasteiger charge is -2.12. The second-order valence-corrected chi connectivity index (χ2v) is 3.51. The predicted molar refractivity (Wildman–Crippen MR) is 61.0 cm³/mol. The molecular weight excluding hydrogens is 262 g/mol. The fourth-order valence-corrected chi connectivity index (χ4v) is 1.38. The van der Waals surface area contributed by atoms with Crippen LogP contribution in [0, 0.1) is 0 Å². The van der Waals surface area contributed by atoms with Crippen molar-refractivity contribution in [3.05, 3.63) is 29.8 Å². The van der Waals surface area contributed by atoms with Crippen LogP contribution in [0.2, 0.25) is 0 Å². The number of rotatable bonds is 3. The van der Waals surface area contributed by atoms with E-state index in [1.807, 2.05) is 0 Å². The van der Waals surface area contributed by atoms with Crippen LogP contribution in [0.25, 0.3) is 0 Å². The molecule has 5 heteroatoms. The summed E-state index contributed by atoms with van der Waals surface area (Å²) in [5, 5.41) is 8.98. The number of anilines is 1. The molecule has 4 nitrogen and oxygen atoms in total. The van der Waals surface area contributed by atoms with E-state index in [1.165, 1.54) is 7.05 Å². The quantitative estimate of drug-likeness (QED) is 0.678. The Bertz CT molecular complexity index is 375. The smallest absolute Gasteiger partial charge is 0.411 e. The topological polar surface area (TPSA) is 57.6 Å². The maximum Gasteiger partial charge on any atom is 0.411 e. The van der Waals surface area contributed by atoms with Gasteiger partial charge in [0.2, 0.25) is 0 Å². The molecular formula is C10H10BrNO3. The van der Waals surface area contributed by atoms with Gasteiger partial charge < -0.3 is 5.11 Å². The molecule has 80 valence electrons. The first-order chi connectivity index (χ1) is 7.06. The van der Waals surface area contributed by atoms with Crippen LogP contribution in [0.3, 0.4) is 0 Å². The first kappa shape index (κ1) is 11.7. The number of ketones is 1. The Morgan fingerprint density at radius 2 is 1.87 bits per heavy atom. The van der Waals surface area contributed by atoms with E-state index in [0.717, 1.165) is 4.90 Å². The Morgan fingerprint density at radius 3 is 2.27 bits per heavy atom. The van der Waals surface area contributed by atoms with Crippen molar-refractivity contribution in [3.8, 4) is 0 Å². The molecule has 1 aromatic rings. The summed E-state index contributed by atoms with van der Waals surface area (Å²) in [6, 6.07) is 6.42. The number of nitrogens with zero attached hydrogens (tertiary/aromatic N) is 1. The molecule has 0 aliphatic rings. The van der Waals surface area contributed by atoms with Crippen molar-refractivity contribution in [2.75, 3.05) is 17.3 Å².